The first kappa shape index (κ1) is 32.5. The number of halogens is 1. The lowest BCUT2D eigenvalue weighted by molar-refractivity contribution is 0.321. The third kappa shape index (κ3) is 15.5. The molecule has 0 fully saturated rings. The number of pyridine rings is 2. The monoisotopic (exact) mass is 608 g/mol. The van der Waals surface area contributed by atoms with E-state index in [0.29, 0.717) is 17.1 Å². The topological polar surface area (TPSA) is 91.0 Å². The Hall–Kier alpha value is -4.72. The quantitative estimate of drug-likeness (QED) is 0.0539. The van der Waals surface area contributed by atoms with Gasteiger partial charge in [0, 0.05) is 12.8 Å². The first-order valence-corrected chi connectivity index (χ1v) is 13.9. The van der Waals surface area contributed by atoms with Crippen molar-refractivity contribution in [2.24, 2.45) is 10.3 Å². The molecule has 41 heavy (non-hydrogen) atoms. The maximum absolute atomic E-state index is 8.46. The number of oxime groups is 2. The van der Waals surface area contributed by atoms with Crippen molar-refractivity contribution in [3.05, 3.63) is 130 Å². The molecule has 0 saturated carbocycles. The lowest BCUT2D eigenvalue weighted by Gasteiger charge is -1.97. The SMILES string of the molecule is C#CCCCc1ccccc1.O/N=C\c1cccc(Br)n1.O/N=C\c1cccc(C#CCCCc2ccccc2)n1. The van der Waals surface area contributed by atoms with E-state index in [1.165, 1.54) is 23.6 Å². The molecule has 2 heterocycles. The second kappa shape index (κ2) is 21.1. The van der Waals surface area contributed by atoms with Gasteiger partial charge < -0.3 is 10.4 Å². The zero-order chi connectivity index (χ0) is 29.4. The zero-order valence-electron chi connectivity index (χ0n) is 22.8. The van der Waals surface area contributed by atoms with Gasteiger partial charge in [-0.25, -0.2) is 9.97 Å². The normalized spacial score (nSPS) is 9.95. The van der Waals surface area contributed by atoms with Gasteiger partial charge in [-0.2, -0.15) is 0 Å². The molecule has 0 saturated heterocycles. The van der Waals surface area contributed by atoms with E-state index in [9.17, 15) is 0 Å². The summed E-state index contributed by atoms with van der Waals surface area (Å²) in [6.07, 6.45) is 13.7. The van der Waals surface area contributed by atoms with Crippen LogP contribution in [0.15, 0.2) is 112 Å². The van der Waals surface area contributed by atoms with Crippen molar-refractivity contribution in [3.8, 4) is 24.2 Å². The molecule has 0 aliphatic rings. The summed E-state index contributed by atoms with van der Waals surface area (Å²) in [4.78, 5) is 8.21. The molecule has 7 heteroatoms. The average molecular weight is 610 g/mol. The Morgan fingerprint density at radius 3 is 1.76 bits per heavy atom. The highest BCUT2D eigenvalue weighted by Crippen LogP contribution is 2.05. The van der Waals surface area contributed by atoms with Gasteiger partial charge in [-0.3, -0.25) is 0 Å². The molecule has 2 N–H and O–H groups in total. The first-order chi connectivity index (χ1) is 20.1. The summed E-state index contributed by atoms with van der Waals surface area (Å²) in [7, 11) is 0. The van der Waals surface area contributed by atoms with Crippen LogP contribution in [0.3, 0.4) is 0 Å². The number of aryl methyl sites for hydroxylation is 2. The number of aromatic nitrogens is 2. The van der Waals surface area contributed by atoms with Crippen molar-refractivity contribution in [2.75, 3.05) is 0 Å². The molecule has 4 aromatic rings. The fourth-order valence-electron chi connectivity index (χ4n) is 3.43. The number of rotatable bonds is 8. The minimum absolute atomic E-state index is 0.601. The van der Waals surface area contributed by atoms with Crippen LogP contribution in [-0.2, 0) is 12.8 Å². The number of benzene rings is 2. The molecular formula is C34H33BrN4O2. The van der Waals surface area contributed by atoms with Crippen LogP contribution in [0.2, 0.25) is 0 Å². The molecule has 0 atom stereocenters. The van der Waals surface area contributed by atoms with E-state index >= 15 is 0 Å². The molecule has 0 unspecified atom stereocenters. The molecular weight excluding hydrogens is 576 g/mol. The van der Waals surface area contributed by atoms with Crippen LogP contribution in [-0.4, -0.2) is 32.8 Å². The number of hydrogen-bond donors (Lipinski definition) is 2. The molecule has 2 aromatic carbocycles. The van der Waals surface area contributed by atoms with E-state index in [4.69, 9.17) is 16.8 Å². The van der Waals surface area contributed by atoms with Gasteiger partial charge >= 0.3 is 0 Å². The number of nitrogens with zero attached hydrogens (tertiary/aromatic N) is 4. The Kier molecular flexibility index (Phi) is 16.8. The molecule has 6 nitrogen and oxygen atoms in total. The number of terminal acetylenes is 1. The van der Waals surface area contributed by atoms with Crippen molar-refractivity contribution in [2.45, 2.75) is 38.5 Å². The lowest BCUT2D eigenvalue weighted by Crippen LogP contribution is -1.90. The predicted molar refractivity (Wildman–Crippen MR) is 169 cm³/mol. The van der Waals surface area contributed by atoms with E-state index < -0.39 is 0 Å². The summed E-state index contributed by atoms with van der Waals surface area (Å²) in [6, 6.07) is 31.6. The average Bonchev–Trinajstić information content (AvgIpc) is 3.00. The zero-order valence-corrected chi connectivity index (χ0v) is 24.4. The third-order valence-electron chi connectivity index (χ3n) is 5.34. The van der Waals surface area contributed by atoms with Crippen LogP contribution in [0.25, 0.3) is 0 Å². The maximum atomic E-state index is 8.46. The lowest BCUT2D eigenvalue weighted by atomic mass is 10.1. The number of hydrogen-bond acceptors (Lipinski definition) is 6. The molecule has 208 valence electrons. The summed E-state index contributed by atoms with van der Waals surface area (Å²) in [5, 5.41) is 22.4. The van der Waals surface area contributed by atoms with E-state index in [0.717, 1.165) is 43.1 Å². The standard InChI is InChI=1S/C17H16N2O.C11H12.C6H5BrN2O/c20-18-14-17-13-7-12-16(19-17)11-6-2-5-10-15-8-3-1-4-9-15;1-2-3-5-8-11-9-6-4-7-10-11;7-6-3-1-2-5(9-6)4-8-10/h1,3-4,7-9,12-14,20H,2,5,10H2;1,4,6-7,9-10H,3,5,8H2;1-4,10H/b18-14-;;8-4-. The second-order valence-electron chi connectivity index (χ2n) is 8.51. The van der Waals surface area contributed by atoms with Gasteiger partial charge in [0.15, 0.2) is 0 Å². The van der Waals surface area contributed by atoms with E-state index in [2.05, 4.69) is 103 Å². The van der Waals surface area contributed by atoms with Crippen LogP contribution >= 0.6 is 15.9 Å². The van der Waals surface area contributed by atoms with Crippen molar-refractivity contribution >= 4 is 28.4 Å². The Labute approximate surface area is 251 Å². The smallest absolute Gasteiger partial charge is 0.113 e. The van der Waals surface area contributed by atoms with Crippen molar-refractivity contribution in [1.29, 1.82) is 0 Å². The van der Waals surface area contributed by atoms with E-state index in [-0.39, 0.29) is 0 Å². The van der Waals surface area contributed by atoms with Crippen molar-refractivity contribution in [1.82, 2.24) is 9.97 Å². The molecule has 0 bridgehead atoms. The van der Waals surface area contributed by atoms with E-state index in [1.54, 1.807) is 18.2 Å². The molecule has 0 aliphatic carbocycles. The van der Waals surface area contributed by atoms with Crippen LogP contribution in [0, 0.1) is 24.2 Å². The van der Waals surface area contributed by atoms with E-state index in [1.807, 2.05) is 30.3 Å². The fraction of sp³-hybridized carbons (Fsp3) is 0.176. The Balaban J connectivity index is 0.000000236. The predicted octanol–water partition coefficient (Wildman–Crippen LogP) is 7.56. The Bertz CT molecular complexity index is 1440. The molecule has 0 radical (unpaired) electrons. The van der Waals surface area contributed by atoms with Gasteiger partial charge in [-0.15, -0.1) is 12.3 Å². The van der Waals surface area contributed by atoms with Crippen LogP contribution in [0.1, 0.15) is 53.9 Å². The van der Waals surface area contributed by atoms with Crippen LogP contribution in [0.5, 0.6) is 0 Å². The molecule has 2 aromatic heterocycles. The highest BCUT2D eigenvalue weighted by molar-refractivity contribution is 9.10. The Morgan fingerprint density at radius 2 is 1.22 bits per heavy atom. The van der Waals surface area contributed by atoms with Gasteiger partial charge in [0.2, 0.25) is 0 Å². The van der Waals surface area contributed by atoms with Crippen LogP contribution < -0.4 is 0 Å². The highest BCUT2D eigenvalue weighted by Gasteiger charge is 1.93. The van der Waals surface area contributed by atoms with Gasteiger partial charge in [0.1, 0.15) is 10.3 Å². The maximum Gasteiger partial charge on any atom is 0.113 e. The summed E-state index contributed by atoms with van der Waals surface area (Å²) in [5.41, 5.74) is 4.64. The summed E-state index contributed by atoms with van der Waals surface area (Å²) < 4.78 is 0.727. The molecule has 0 spiro atoms. The minimum Gasteiger partial charge on any atom is -0.411 e. The summed E-state index contributed by atoms with van der Waals surface area (Å²) in [6.45, 7) is 0. The summed E-state index contributed by atoms with van der Waals surface area (Å²) >= 11 is 3.18. The molecule has 0 amide bonds. The van der Waals surface area contributed by atoms with Gasteiger partial charge in [-0.05, 0) is 82.9 Å². The minimum atomic E-state index is 0.601. The third-order valence-corrected chi connectivity index (χ3v) is 5.78. The van der Waals surface area contributed by atoms with Crippen molar-refractivity contribution < 1.29 is 10.4 Å². The fourth-order valence-corrected chi connectivity index (χ4v) is 3.78. The van der Waals surface area contributed by atoms with Gasteiger partial charge in [-0.1, -0.05) is 89.0 Å². The summed E-state index contributed by atoms with van der Waals surface area (Å²) in [5.74, 6) is 8.79. The largest absolute Gasteiger partial charge is 0.411 e. The highest BCUT2D eigenvalue weighted by atomic mass is 79.9. The van der Waals surface area contributed by atoms with Crippen LogP contribution in [0.4, 0.5) is 0 Å². The van der Waals surface area contributed by atoms with Gasteiger partial charge in [0.05, 0.1) is 23.8 Å². The number of unbranched alkanes of at least 4 members (excludes halogenated alkanes) is 2. The molecule has 0 aliphatic heterocycles. The molecule has 4 rings (SSSR count). The first-order valence-electron chi connectivity index (χ1n) is 13.1. The van der Waals surface area contributed by atoms with Crippen molar-refractivity contribution in [3.63, 3.8) is 0 Å². The second-order valence-corrected chi connectivity index (χ2v) is 9.32. The Morgan fingerprint density at radius 1 is 0.683 bits per heavy atom. The van der Waals surface area contributed by atoms with Gasteiger partial charge in [0.25, 0.3) is 0 Å².